The number of rotatable bonds is 2. The lowest BCUT2D eigenvalue weighted by molar-refractivity contribution is 0.197. The van der Waals surface area contributed by atoms with E-state index >= 15 is 0 Å². The lowest BCUT2D eigenvalue weighted by atomic mass is 10.3. The first kappa shape index (κ1) is 9.23. The number of carbonyl (C=O) groups excluding carboxylic acids is 1. The molecular formula is C6H15N3O. The molecule has 0 fully saturated rings. The lowest BCUT2D eigenvalue weighted by Crippen LogP contribution is -2.44. The fourth-order valence-electron chi connectivity index (χ4n) is 0.535. The van der Waals surface area contributed by atoms with Crippen molar-refractivity contribution in [2.75, 3.05) is 20.6 Å². The monoisotopic (exact) mass is 145 g/mol. The van der Waals surface area contributed by atoms with Gasteiger partial charge < -0.3 is 16.0 Å². The third-order valence-electron chi connectivity index (χ3n) is 1.54. The molecule has 10 heavy (non-hydrogen) atoms. The minimum atomic E-state index is -0.0991. The summed E-state index contributed by atoms with van der Waals surface area (Å²) in [4.78, 5) is 12.4. The molecule has 0 aromatic carbocycles. The number of hydrogen-bond donors (Lipinski definition) is 2. The molecule has 4 heteroatoms. The molecule has 0 heterocycles. The fraction of sp³-hybridized carbons (Fsp3) is 0.833. The second-order valence-electron chi connectivity index (χ2n) is 2.25. The van der Waals surface area contributed by atoms with E-state index in [1.807, 2.05) is 6.92 Å². The van der Waals surface area contributed by atoms with Gasteiger partial charge in [-0.2, -0.15) is 0 Å². The molecule has 3 N–H and O–H groups in total. The molecule has 1 atom stereocenters. The molecule has 4 nitrogen and oxygen atoms in total. The number of hydrogen-bond acceptors (Lipinski definition) is 2. The van der Waals surface area contributed by atoms with Crippen molar-refractivity contribution in [3.8, 4) is 0 Å². The molecule has 0 bridgehead atoms. The quantitative estimate of drug-likeness (QED) is 0.555. The average molecular weight is 145 g/mol. The zero-order valence-corrected chi connectivity index (χ0v) is 6.72. The fourth-order valence-corrected chi connectivity index (χ4v) is 0.535. The Bertz CT molecular complexity index is 116. The topological polar surface area (TPSA) is 58.4 Å². The maximum atomic E-state index is 10.9. The van der Waals surface area contributed by atoms with Crippen LogP contribution in [0.1, 0.15) is 6.92 Å². The first-order chi connectivity index (χ1) is 4.63. The van der Waals surface area contributed by atoms with Crippen LogP contribution in [0, 0.1) is 0 Å². The Balaban J connectivity index is 3.81. The normalized spacial score (nSPS) is 12.4. The molecule has 0 aliphatic carbocycles. The third-order valence-corrected chi connectivity index (χ3v) is 1.54. The Morgan fingerprint density at radius 1 is 1.80 bits per heavy atom. The molecule has 2 amide bonds. The van der Waals surface area contributed by atoms with Gasteiger partial charge in [-0.05, 0) is 6.92 Å². The predicted octanol–water partition coefficient (Wildman–Crippen LogP) is -0.395. The Kier molecular flexibility index (Phi) is 3.79. The summed E-state index contributed by atoms with van der Waals surface area (Å²) in [7, 11) is 3.32. The molecule has 0 radical (unpaired) electrons. The summed E-state index contributed by atoms with van der Waals surface area (Å²) in [5.41, 5.74) is 5.34. The molecular weight excluding hydrogens is 130 g/mol. The summed E-state index contributed by atoms with van der Waals surface area (Å²) in [5.74, 6) is 0. The number of carbonyl (C=O) groups is 1. The Labute approximate surface area is 61.4 Å². The molecule has 0 aliphatic heterocycles. The van der Waals surface area contributed by atoms with E-state index in [0.717, 1.165) is 0 Å². The highest BCUT2D eigenvalue weighted by Crippen LogP contribution is 1.91. The van der Waals surface area contributed by atoms with Gasteiger partial charge in [0.1, 0.15) is 0 Å². The molecule has 0 aromatic rings. The third kappa shape index (κ3) is 2.23. The van der Waals surface area contributed by atoms with Crippen molar-refractivity contribution in [3.63, 3.8) is 0 Å². The lowest BCUT2D eigenvalue weighted by Gasteiger charge is -2.22. The van der Waals surface area contributed by atoms with Gasteiger partial charge in [0.05, 0.1) is 0 Å². The molecule has 60 valence electrons. The molecule has 0 saturated carbocycles. The van der Waals surface area contributed by atoms with Gasteiger partial charge in [-0.3, -0.25) is 0 Å². The van der Waals surface area contributed by atoms with Gasteiger partial charge >= 0.3 is 6.03 Å². The van der Waals surface area contributed by atoms with Gasteiger partial charge in [0.2, 0.25) is 0 Å². The summed E-state index contributed by atoms with van der Waals surface area (Å²) < 4.78 is 0. The van der Waals surface area contributed by atoms with E-state index in [9.17, 15) is 4.79 Å². The highest BCUT2D eigenvalue weighted by atomic mass is 16.2. The average Bonchev–Trinajstić information content (AvgIpc) is 2.00. The Morgan fingerprint density at radius 2 is 2.30 bits per heavy atom. The van der Waals surface area contributed by atoms with Gasteiger partial charge in [-0.25, -0.2) is 4.79 Å². The van der Waals surface area contributed by atoms with Crippen molar-refractivity contribution in [1.29, 1.82) is 0 Å². The van der Waals surface area contributed by atoms with Crippen LogP contribution < -0.4 is 11.1 Å². The van der Waals surface area contributed by atoms with E-state index in [1.54, 1.807) is 19.0 Å². The summed E-state index contributed by atoms with van der Waals surface area (Å²) >= 11 is 0. The molecule has 0 spiro atoms. The number of nitrogens with two attached hydrogens (primary N) is 1. The molecule has 0 saturated heterocycles. The van der Waals surface area contributed by atoms with Gasteiger partial charge in [-0.15, -0.1) is 0 Å². The molecule has 0 rings (SSSR count). The number of amides is 2. The van der Waals surface area contributed by atoms with Crippen molar-refractivity contribution in [1.82, 2.24) is 10.2 Å². The van der Waals surface area contributed by atoms with Gasteiger partial charge in [0.25, 0.3) is 0 Å². The summed E-state index contributed by atoms with van der Waals surface area (Å²) in [6.45, 7) is 2.39. The van der Waals surface area contributed by atoms with Crippen LogP contribution in [0.3, 0.4) is 0 Å². The minimum Gasteiger partial charge on any atom is -0.341 e. The van der Waals surface area contributed by atoms with E-state index in [-0.39, 0.29) is 12.1 Å². The van der Waals surface area contributed by atoms with E-state index in [2.05, 4.69) is 5.32 Å². The van der Waals surface area contributed by atoms with E-state index < -0.39 is 0 Å². The Hall–Kier alpha value is -0.770. The van der Waals surface area contributed by atoms with Crippen molar-refractivity contribution < 1.29 is 4.79 Å². The molecule has 0 unspecified atom stereocenters. The maximum Gasteiger partial charge on any atom is 0.317 e. The van der Waals surface area contributed by atoms with Crippen LogP contribution in [-0.2, 0) is 0 Å². The van der Waals surface area contributed by atoms with Crippen LogP contribution in [0.4, 0.5) is 4.79 Å². The van der Waals surface area contributed by atoms with Crippen molar-refractivity contribution in [3.05, 3.63) is 0 Å². The smallest absolute Gasteiger partial charge is 0.317 e. The zero-order valence-electron chi connectivity index (χ0n) is 6.72. The van der Waals surface area contributed by atoms with Crippen LogP contribution in [0.15, 0.2) is 0 Å². The summed E-state index contributed by atoms with van der Waals surface area (Å²) in [5, 5.41) is 2.51. The number of urea groups is 1. The van der Waals surface area contributed by atoms with Crippen molar-refractivity contribution in [2.24, 2.45) is 5.73 Å². The van der Waals surface area contributed by atoms with Crippen LogP contribution in [0.2, 0.25) is 0 Å². The van der Waals surface area contributed by atoms with E-state index in [1.165, 1.54) is 0 Å². The summed E-state index contributed by atoms with van der Waals surface area (Å²) in [6.07, 6.45) is 0. The zero-order chi connectivity index (χ0) is 8.15. The predicted molar refractivity (Wildman–Crippen MR) is 40.7 cm³/mol. The highest BCUT2D eigenvalue weighted by molar-refractivity contribution is 5.73. The van der Waals surface area contributed by atoms with E-state index in [0.29, 0.717) is 6.54 Å². The van der Waals surface area contributed by atoms with Crippen molar-refractivity contribution >= 4 is 6.03 Å². The Morgan fingerprint density at radius 3 is 2.60 bits per heavy atom. The van der Waals surface area contributed by atoms with Gasteiger partial charge in [0, 0.05) is 26.7 Å². The van der Waals surface area contributed by atoms with E-state index in [4.69, 9.17) is 5.73 Å². The van der Waals surface area contributed by atoms with Crippen LogP contribution in [0.25, 0.3) is 0 Å². The number of nitrogens with one attached hydrogen (secondary N) is 1. The second-order valence-corrected chi connectivity index (χ2v) is 2.25. The van der Waals surface area contributed by atoms with Gasteiger partial charge in [-0.1, -0.05) is 0 Å². The molecule has 0 aromatic heterocycles. The maximum absolute atomic E-state index is 10.9. The van der Waals surface area contributed by atoms with Gasteiger partial charge in [0.15, 0.2) is 0 Å². The summed E-state index contributed by atoms with van der Waals surface area (Å²) in [6, 6.07) is -0.00194. The minimum absolute atomic E-state index is 0.0972. The second kappa shape index (κ2) is 4.11. The highest BCUT2D eigenvalue weighted by Gasteiger charge is 2.11. The largest absolute Gasteiger partial charge is 0.341 e. The first-order valence-corrected chi connectivity index (χ1v) is 3.28. The van der Waals surface area contributed by atoms with Crippen LogP contribution in [0.5, 0.6) is 0 Å². The number of likely N-dealkylation sites (N-methyl/N-ethyl adjacent to an activating group) is 1. The molecule has 0 aliphatic rings. The standard InChI is InChI=1S/C6H15N3O/c1-5(4-7)9(3)6(10)8-2/h5H,4,7H2,1-3H3,(H,8,10)/t5-/m0/s1. The SMILES string of the molecule is CNC(=O)N(C)[C@@H](C)CN. The van der Waals surface area contributed by atoms with Crippen LogP contribution >= 0.6 is 0 Å². The van der Waals surface area contributed by atoms with Crippen LogP contribution in [-0.4, -0.2) is 37.6 Å². The first-order valence-electron chi connectivity index (χ1n) is 3.28. The van der Waals surface area contributed by atoms with Crippen molar-refractivity contribution in [2.45, 2.75) is 13.0 Å². The number of nitrogens with zero attached hydrogens (tertiary/aromatic N) is 1.